The van der Waals surface area contributed by atoms with Gasteiger partial charge >= 0.3 is 5.97 Å². The highest BCUT2D eigenvalue weighted by molar-refractivity contribution is 6.20. The SMILES string of the molecule is CCCCCCCCCC(Cl)OC(=O)C(C)=CCCN(C)C. The molecule has 0 aromatic carbocycles. The van der Waals surface area contributed by atoms with E-state index in [0.717, 1.165) is 25.8 Å². The molecule has 0 saturated carbocycles. The van der Waals surface area contributed by atoms with Gasteiger partial charge in [-0.25, -0.2) is 4.79 Å². The van der Waals surface area contributed by atoms with Crippen LogP contribution in [0.5, 0.6) is 0 Å². The van der Waals surface area contributed by atoms with E-state index in [1.165, 1.54) is 38.5 Å². The fraction of sp³-hybridized carbons (Fsp3) is 0.833. The lowest BCUT2D eigenvalue weighted by Crippen LogP contribution is -2.15. The lowest BCUT2D eigenvalue weighted by atomic mass is 10.1. The summed E-state index contributed by atoms with van der Waals surface area (Å²) in [5, 5.41) is 0. The molecule has 0 heterocycles. The zero-order chi connectivity index (χ0) is 16.8. The van der Waals surface area contributed by atoms with E-state index in [1.807, 2.05) is 20.2 Å². The maximum absolute atomic E-state index is 11.8. The molecule has 1 atom stereocenters. The number of hydrogen-bond donors (Lipinski definition) is 0. The van der Waals surface area contributed by atoms with Gasteiger partial charge in [0.15, 0.2) is 5.56 Å². The molecule has 0 rings (SSSR count). The van der Waals surface area contributed by atoms with Crippen molar-refractivity contribution < 1.29 is 9.53 Å². The van der Waals surface area contributed by atoms with Gasteiger partial charge in [-0.05, 0) is 40.3 Å². The van der Waals surface area contributed by atoms with Crippen LogP contribution in [0.1, 0.15) is 71.6 Å². The molecule has 0 radical (unpaired) electrons. The summed E-state index contributed by atoms with van der Waals surface area (Å²) in [6.45, 7) is 4.94. The molecule has 0 aliphatic carbocycles. The second-order valence-corrected chi connectivity index (χ2v) is 6.69. The predicted octanol–water partition coefficient (Wildman–Crippen LogP) is 5.13. The lowest BCUT2D eigenvalue weighted by Gasteiger charge is -2.12. The summed E-state index contributed by atoms with van der Waals surface area (Å²) in [5.74, 6) is -0.290. The molecule has 130 valence electrons. The number of hydrogen-bond acceptors (Lipinski definition) is 3. The zero-order valence-electron chi connectivity index (χ0n) is 14.9. The van der Waals surface area contributed by atoms with E-state index < -0.39 is 5.56 Å². The largest absolute Gasteiger partial charge is 0.443 e. The van der Waals surface area contributed by atoms with Gasteiger partial charge in [0.1, 0.15) is 0 Å². The Morgan fingerprint density at radius 1 is 1.14 bits per heavy atom. The molecule has 0 aromatic heterocycles. The Kier molecular flexibility index (Phi) is 13.7. The second kappa shape index (κ2) is 14.1. The molecular weight excluding hydrogens is 298 g/mol. The van der Waals surface area contributed by atoms with Gasteiger partial charge in [-0.3, -0.25) is 0 Å². The van der Waals surface area contributed by atoms with E-state index >= 15 is 0 Å². The molecular formula is C18H34ClNO2. The van der Waals surface area contributed by atoms with Gasteiger partial charge in [0.25, 0.3) is 0 Å². The van der Waals surface area contributed by atoms with Crippen molar-refractivity contribution in [3.05, 3.63) is 11.6 Å². The van der Waals surface area contributed by atoms with Gasteiger partial charge in [0.2, 0.25) is 0 Å². The van der Waals surface area contributed by atoms with Crippen LogP contribution < -0.4 is 0 Å². The average Bonchev–Trinajstić information content (AvgIpc) is 2.45. The number of esters is 1. The summed E-state index contributed by atoms with van der Waals surface area (Å²) in [6.07, 6.45) is 12.2. The minimum absolute atomic E-state index is 0.290. The topological polar surface area (TPSA) is 29.5 Å². The van der Waals surface area contributed by atoms with Crippen molar-refractivity contribution in [2.24, 2.45) is 0 Å². The fourth-order valence-corrected chi connectivity index (χ4v) is 2.39. The molecule has 0 spiro atoms. The van der Waals surface area contributed by atoms with Crippen molar-refractivity contribution in [1.29, 1.82) is 0 Å². The molecule has 0 amide bonds. The van der Waals surface area contributed by atoms with Crippen LogP contribution in [0.4, 0.5) is 0 Å². The molecule has 1 unspecified atom stereocenters. The van der Waals surface area contributed by atoms with Crippen LogP contribution in [0, 0.1) is 0 Å². The Balaban J connectivity index is 3.72. The summed E-state index contributed by atoms with van der Waals surface area (Å²) in [4.78, 5) is 13.9. The highest BCUT2D eigenvalue weighted by atomic mass is 35.5. The standard InChI is InChI=1S/C18H34ClNO2/c1-5-6-7-8-9-10-11-14-17(19)22-18(21)16(2)13-12-15-20(3)4/h13,17H,5-12,14-15H2,1-4H3. The summed E-state index contributed by atoms with van der Waals surface area (Å²) in [5.41, 5.74) is 0.146. The molecule has 0 aromatic rings. The number of halogens is 1. The molecule has 22 heavy (non-hydrogen) atoms. The van der Waals surface area contributed by atoms with E-state index in [4.69, 9.17) is 16.3 Å². The smallest absolute Gasteiger partial charge is 0.334 e. The first-order valence-corrected chi connectivity index (χ1v) is 9.07. The molecule has 4 heteroatoms. The number of carbonyl (C=O) groups is 1. The van der Waals surface area contributed by atoms with Crippen LogP contribution in [0.15, 0.2) is 11.6 Å². The van der Waals surface area contributed by atoms with Crippen molar-refractivity contribution in [3.8, 4) is 0 Å². The maximum atomic E-state index is 11.8. The van der Waals surface area contributed by atoms with Crippen LogP contribution in [0.2, 0.25) is 0 Å². The first kappa shape index (κ1) is 21.5. The van der Waals surface area contributed by atoms with Crippen LogP contribution in [0.3, 0.4) is 0 Å². The predicted molar refractivity (Wildman–Crippen MR) is 95.3 cm³/mol. The van der Waals surface area contributed by atoms with E-state index in [2.05, 4.69) is 11.8 Å². The van der Waals surface area contributed by atoms with E-state index in [1.54, 1.807) is 6.92 Å². The number of nitrogens with zero attached hydrogens (tertiary/aromatic N) is 1. The van der Waals surface area contributed by atoms with Crippen molar-refractivity contribution in [3.63, 3.8) is 0 Å². The van der Waals surface area contributed by atoms with E-state index in [0.29, 0.717) is 5.57 Å². The van der Waals surface area contributed by atoms with Crippen molar-refractivity contribution in [2.75, 3.05) is 20.6 Å². The Bertz CT molecular complexity index is 316. The summed E-state index contributed by atoms with van der Waals surface area (Å²) in [7, 11) is 4.02. The highest BCUT2D eigenvalue weighted by Gasteiger charge is 2.12. The first-order chi connectivity index (χ1) is 10.5. The summed E-state index contributed by atoms with van der Waals surface area (Å²) in [6, 6.07) is 0. The number of rotatable bonds is 13. The third kappa shape index (κ3) is 13.1. The van der Waals surface area contributed by atoms with Crippen molar-refractivity contribution in [1.82, 2.24) is 4.90 Å². The van der Waals surface area contributed by atoms with Crippen LogP contribution in [-0.4, -0.2) is 37.1 Å². The third-order valence-electron chi connectivity index (χ3n) is 3.62. The van der Waals surface area contributed by atoms with Crippen molar-refractivity contribution >= 4 is 17.6 Å². The minimum Gasteiger partial charge on any atom is -0.443 e. The Labute approximate surface area is 142 Å². The molecule has 0 bridgehead atoms. The summed E-state index contributed by atoms with van der Waals surface area (Å²) >= 11 is 6.09. The number of carbonyl (C=O) groups excluding carboxylic acids is 1. The van der Waals surface area contributed by atoms with E-state index in [9.17, 15) is 4.79 Å². The molecule has 0 N–H and O–H groups in total. The minimum atomic E-state index is -0.500. The average molecular weight is 332 g/mol. The normalized spacial score (nSPS) is 13.5. The Hall–Kier alpha value is -0.540. The van der Waals surface area contributed by atoms with Gasteiger partial charge in [0.05, 0.1) is 0 Å². The van der Waals surface area contributed by atoms with E-state index in [-0.39, 0.29) is 5.97 Å². The Morgan fingerprint density at radius 3 is 2.32 bits per heavy atom. The number of ether oxygens (including phenoxy) is 1. The third-order valence-corrected chi connectivity index (χ3v) is 3.93. The van der Waals surface area contributed by atoms with Crippen LogP contribution in [0.25, 0.3) is 0 Å². The quantitative estimate of drug-likeness (QED) is 0.203. The monoisotopic (exact) mass is 331 g/mol. The van der Waals surface area contributed by atoms with Crippen LogP contribution in [-0.2, 0) is 9.53 Å². The van der Waals surface area contributed by atoms with Gasteiger partial charge in [0, 0.05) is 12.1 Å². The maximum Gasteiger partial charge on any atom is 0.334 e. The van der Waals surface area contributed by atoms with Crippen LogP contribution >= 0.6 is 11.6 Å². The number of unbranched alkanes of at least 4 members (excludes halogenated alkanes) is 6. The fourth-order valence-electron chi connectivity index (χ4n) is 2.15. The van der Waals surface area contributed by atoms with Gasteiger partial charge in [-0.2, -0.15) is 0 Å². The molecule has 0 aliphatic heterocycles. The zero-order valence-corrected chi connectivity index (χ0v) is 15.6. The molecule has 0 saturated heterocycles. The summed E-state index contributed by atoms with van der Waals surface area (Å²) < 4.78 is 5.26. The molecule has 0 fully saturated rings. The highest BCUT2D eigenvalue weighted by Crippen LogP contribution is 2.14. The van der Waals surface area contributed by atoms with Gasteiger partial charge in [-0.1, -0.05) is 63.1 Å². The van der Waals surface area contributed by atoms with Gasteiger partial charge < -0.3 is 9.64 Å². The first-order valence-electron chi connectivity index (χ1n) is 8.64. The Morgan fingerprint density at radius 2 is 1.73 bits per heavy atom. The lowest BCUT2D eigenvalue weighted by molar-refractivity contribution is -0.140. The molecule has 3 nitrogen and oxygen atoms in total. The second-order valence-electron chi connectivity index (χ2n) is 6.20. The van der Waals surface area contributed by atoms with Crippen molar-refractivity contribution in [2.45, 2.75) is 77.2 Å². The number of alkyl halides is 1. The molecule has 0 aliphatic rings. The van der Waals surface area contributed by atoms with Gasteiger partial charge in [-0.15, -0.1) is 0 Å².